The lowest BCUT2D eigenvalue weighted by Gasteiger charge is -2.07. The van der Waals surface area contributed by atoms with Gasteiger partial charge in [0.05, 0.1) is 12.5 Å². The Morgan fingerprint density at radius 1 is 1.11 bits per heavy atom. The summed E-state index contributed by atoms with van der Waals surface area (Å²) in [5.41, 5.74) is 2.11. The van der Waals surface area contributed by atoms with Crippen LogP contribution in [0.3, 0.4) is 0 Å². The van der Waals surface area contributed by atoms with Crippen molar-refractivity contribution in [2.45, 2.75) is 13.3 Å². The van der Waals surface area contributed by atoms with E-state index in [1.165, 1.54) is 0 Å². The Hall–Kier alpha value is -2.85. The molecule has 0 aliphatic heterocycles. The molecule has 0 N–H and O–H groups in total. The van der Waals surface area contributed by atoms with Crippen molar-refractivity contribution in [2.24, 2.45) is 0 Å². The van der Waals surface area contributed by atoms with Crippen molar-refractivity contribution >= 4 is 0 Å². The second kappa shape index (κ2) is 5.66. The third kappa shape index (κ3) is 3.08. The topological polar surface area (TPSA) is 69.7 Å². The van der Waals surface area contributed by atoms with E-state index in [2.05, 4.69) is 11.1 Å². The second-order valence-electron chi connectivity index (χ2n) is 4.00. The van der Waals surface area contributed by atoms with Gasteiger partial charge < -0.3 is 4.74 Å². The number of aromatic nitrogens is 1. The maximum Gasteiger partial charge on any atom is 0.237 e. The Kier molecular flexibility index (Phi) is 3.75. The molecule has 0 spiro atoms. The number of aryl methyl sites for hydroxylation is 1. The van der Waals surface area contributed by atoms with Gasteiger partial charge >= 0.3 is 0 Å². The van der Waals surface area contributed by atoms with E-state index in [9.17, 15) is 0 Å². The van der Waals surface area contributed by atoms with Crippen molar-refractivity contribution < 1.29 is 4.74 Å². The highest BCUT2D eigenvalue weighted by atomic mass is 16.5. The molecular formula is C15H11N3O. The van der Waals surface area contributed by atoms with Crippen LogP contribution in [0.5, 0.6) is 11.6 Å². The molecule has 2 aromatic rings. The summed E-state index contributed by atoms with van der Waals surface area (Å²) < 4.78 is 5.60. The van der Waals surface area contributed by atoms with Gasteiger partial charge in [-0.15, -0.1) is 0 Å². The van der Waals surface area contributed by atoms with Gasteiger partial charge in [0.1, 0.15) is 17.4 Å². The highest BCUT2D eigenvalue weighted by molar-refractivity contribution is 5.41. The molecule has 0 amide bonds. The molecule has 4 nitrogen and oxygen atoms in total. The van der Waals surface area contributed by atoms with Gasteiger partial charge in [-0.2, -0.15) is 10.5 Å². The Morgan fingerprint density at radius 2 is 1.84 bits per heavy atom. The monoisotopic (exact) mass is 249 g/mol. The van der Waals surface area contributed by atoms with Crippen molar-refractivity contribution in [1.29, 1.82) is 10.5 Å². The van der Waals surface area contributed by atoms with Gasteiger partial charge in [0.2, 0.25) is 5.88 Å². The average Bonchev–Trinajstić information content (AvgIpc) is 2.42. The summed E-state index contributed by atoms with van der Waals surface area (Å²) in [5, 5.41) is 17.6. The summed E-state index contributed by atoms with van der Waals surface area (Å²) in [6.45, 7) is 1.84. The maximum absolute atomic E-state index is 9.00. The predicted molar refractivity (Wildman–Crippen MR) is 69.5 cm³/mol. The fourth-order valence-electron chi connectivity index (χ4n) is 1.57. The summed E-state index contributed by atoms with van der Waals surface area (Å²) >= 11 is 0. The molecule has 1 aromatic carbocycles. The molecule has 92 valence electrons. The number of hydrogen-bond donors (Lipinski definition) is 0. The van der Waals surface area contributed by atoms with Crippen LogP contribution >= 0.6 is 0 Å². The quantitative estimate of drug-likeness (QED) is 0.837. The van der Waals surface area contributed by atoms with Crippen molar-refractivity contribution in [3.63, 3.8) is 0 Å². The summed E-state index contributed by atoms with van der Waals surface area (Å²) in [5.74, 6) is 0.895. The number of nitriles is 2. The molecule has 0 saturated heterocycles. The minimum absolute atomic E-state index is 0.301. The van der Waals surface area contributed by atoms with E-state index in [0.717, 1.165) is 11.3 Å². The summed E-state index contributed by atoms with van der Waals surface area (Å²) in [4.78, 5) is 4.20. The highest BCUT2D eigenvalue weighted by Gasteiger charge is 2.06. The van der Waals surface area contributed by atoms with Crippen molar-refractivity contribution in [2.75, 3.05) is 0 Å². The van der Waals surface area contributed by atoms with E-state index in [1.807, 2.05) is 25.1 Å². The van der Waals surface area contributed by atoms with Crippen molar-refractivity contribution in [1.82, 2.24) is 4.98 Å². The number of benzene rings is 1. The minimum Gasteiger partial charge on any atom is -0.438 e. The maximum atomic E-state index is 9.00. The molecule has 2 rings (SSSR count). The molecule has 0 fully saturated rings. The zero-order valence-corrected chi connectivity index (χ0v) is 10.4. The predicted octanol–water partition coefficient (Wildman–Crippen LogP) is 3.12. The average molecular weight is 249 g/mol. The molecule has 19 heavy (non-hydrogen) atoms. The van der Waals surface area contributed by atoms with Gasteiger partial charge in [0.25, 0.3) is 0 Å². The molecule has 1 aromatic heterocycles. The van der Waals surface area contributed by atoms with Crippen LogP contribution in [0.2, 0.25) is 0 Å². The molecule has 0 unspecified atom stereocenters. The molecule has 0 aliphatic carbocycles. The van der Waals surface area contributed by atoms with Crippen LogP contribution in [-0.4, -0.2) is 4.98 Å². The third-order valence-corrected chi connectivity index (χ3v) is 2.54. The van der Waals surface area contributed by atoms with Gasteiger partial charge in [-0.25, -0.2) is 4.98 Å². The molecule has 0 atom stereocenters. The Morgan fingerprint density at radius 3 is 2.47 bits per heavy atom. The zero-order chi connectivity index (χ0) is 13.7. The first-order valence-corrected chi connectivity index (χ1v) is 5.74. The van der Waals surface area contributed by atoms with Crippen LogP contribution in [0.25, 0.3) is 0 Å². The van der Waals surface area contributed by atoms with Gasteiger partial charge in [-0.3, -0.25) is 0 Å². The van der Waals surface area contributed by atoms with Crippen LogP contribution in [0.4, 0.5) is 0 Å². The van der Waals surface area contributed by atoms with Crippen LogP contribution in [0, 0.1) is 29.6 Å². The lowest BCUT2D eigenvalue weighted by Crippen LogP contribution is -1.94. The lowest BCUT2D eigenvalue weighted by atomic mass is 10.2. The molecule has 1 heterocycles. The molecular weight excluding hydrogens is 238 g/mol. The zero-order valence-electron chi connectivity index (χ0n) is 10.4. The largest absolute Gasteiger partial charge is 0.438 e. The number of hydrogen-bond acceptors (Lipinski definition) is 4. The van der Waals surface area contributed by atoms with Gasteiger partial charge in [0, 0.05) is 5.69 Å². The standard InChI is InChI=1S/C15H11N3O/c1-11-2-5-13(10-17)15(18-11)19-14-6-3-12(4-7-14)8-9-16/h2-7H,8H2,1H3. The highest BCUT2D eigenvalue weighted by Crippen LogP contribution is 2.23. The van der Waals surface area contributed by atoms with Gasteiger partial charge in [-0.1, -0.05) is 12.1 Å². The number of ether oxygens (including phenoxy) is 1. The molecule has 0 saturated carbocycles. The SMILES string of the molecule is Cc1ccc(C#N)c(Oc2ccc(CC#N)cc2)n1. The fourth-order valence-corrected chi connectivity index (χ4v) is 1.57. The number of nitrogens with zero attached hydrogens (tertiary/aromatic N) is 3. The molecule has 0 bridgehead atoms. The van der Waals surface area contributed by atoms with Crippen LogP contribution in [0.15, 0.2) is 36.4 Å². The summed E-state index contributed by atoms with van der Waals surface area (Å²) in [6, 6.07) is 14.7. The third-order valence-electron chi connectivity index (χ3n) is 2.54. The van der Waals surface area contributed by atoms with Crippen LogP contribution in [0.1, 0.15) is 16.8 Å². The van der Waals surface area contributed by atoms with Crippen molar-refractivity contribution in [3.05, 3.63) is 53.2 Å². The smallest absolute Gasteiger partial charge is 0.237 e. The number of rotatable bonds is 3. The van der Waals surface area contributed by atoms with E-state index < -0.39 is 0 Å². The molecule has 4 heteroatoms. The van der Waals surface area contributed by atoms with Gasteiger partial charge in [-0.05, 0) is 36.8 Å². The van der Waals surface area contributed by atoms with Crippen LogP contribution < -0.4 is 4.74 Å². The molecule has 0 aliphatic rings. The van der Waals surface area contributed by atoms with Gasteiger partial charge in [0.15, 0.2) is 0 Å². The summed E-state index contributed by atoms with van der Waals surface area (Å²) in [7, 11) is 0. The first-order chi connectivity index (χ1) is 9.22. The summed E-state index contributed by atoms with van der Waals surface area (Å²) in [6.07, 6.45) is 0.367. The van der Waals surface area contributed by atoms with Crippen molar-refractivity contribution in [3.8, 4) is 23.8 Å². The van der Waals surface area contributed by atoms with E-state index >= 15 is 0 Å². The van der Waals surface area contributed by atoms with E-state index in [4.69, 9.17) is 15.3 Å². The Bertz CT molecular complexity index is 663. The Labute approximate surface area is 111 Å². The fraction of sp³-hybridized carbons (Fsp3) is 0.133. The first kappa shape index (κ1) is 12.6. The second-order valence-corrected chi connectivity index (χ2v) is 4.00. The van der Waals surface area contributed by atoms with Crippen LogP contribution in [-0.2, 0) is 6.42 Å². The minimum atomic E-state index is 0.301. The Balaban J connectivity index is 2.24. The van der Waals surface area contributed by atoms with E-state index in [0.29, 0.717) is 23.6 Å². The number of pyridine rings is 1. The normalized spacial score (nSPS) is 9.42. The van der Waals surface area contributed by atoms with E-state index in [-0.39, 0.29) is 0 Å². The first-order valence-electron chi connectivity index (χ1n) is 5.74. The lowest BCUT2D eigenvalue weighted by molar-refractivity contribution is 0.460. The van der Waals surface area contributed by atoms with E-state index in [1.54, 1.807) is 24.3 Å². The molecule has 0 radical (unpaired) electrons.